The zero-order chi connectivity index (χ0) is 13.3. The van der Waals surface area contributed by atoms with E-state index in [1.165, 1.54) is 16.7 Å². The molecular formula is C15H20N2S. The number of aromatic nitrogens is 1. The minimum Gasteiger partial charge on any atom is -0.325 e. The van der Waals surface area contributed by atoms with Crippen LogP contribution in [-0.4, -0.2) is 10.5 Å². The van der Waals surface area contributed by atoms with Crippen molar-refractivity contribution in [2.45, 2.75) is 39.7 Å². The molecule has 3 heteroatoms. The molecule has 96 valence electrons. The molecule has 0 atom stereocenters. The van der Waals surface area contributed by atoms with Crippen LogP contribution in [0.15, 0.2) is 23.6 Å². The number of rotatable bonds is 3. The molecule has 2 rings (SSSR count). The highest BCUT2D eigenvalue weighted by molar-refractivity contribution is 7.13. The Hall–Kier alpha value is -1.19. The van der Waals surface area contributed by atoms with Crippen LogP contribution in [0.25, 0.3) is 10.6 Å². The van der Waals surface area contributed by atoms with Crippen molar-refractivity contribution in [2.75, 3.05) is 0 Å². The lowest BCUT2D eigenvalue weighted by Gasteiger charge is -2.16. The van der Waals surface area contributed by atoms with Crippen molar-refractivity contribution in [3.05, 3.63) is 40.4 Å². The van der Waals surface area contributed by atoms with Crippen LogP contribution in [0.4, 0.5) is 0 Å². The fourth-order valence-electron chi connectivity index (χ4n) is 1.86. The van der Waals surface area contributed by atoms with E-state index in [0.717, 1.165) is 17.1 Å². The Morgan fingerprint density at radius 3 is 2.56 bits per heavy atom. The molecule has 2 N–H and O–H groups in total. The van der Waals surface area contributed by atoms with Crippen LogP contribution < -0.4 is 5.73 Å². The van der Waals surface area contributed by atoms with Crippen LogP contribution in [0.2, 0.25) is 0 Å². The van der Waals surface area contributed by atoms with E-state index in [0.29, 0.717) is 0 Å². The Morgan fingerprint density at radius 1 is 1.22 bits per heavy atom. The van der Waals surface area contributed by atoms with Gasteiger partial charge in [0.15, 0.2) is 0 Å². The summed E-state index contributed by atoms with van der Waals surface area (Å²) in [6.07, 6.45) is 0.814. The summed E-state index contributed by atoms with van der Waals surface area (Å²) in [5.74, 6) is 0. The minimum atomic E-state index is -0.200. The van der Waals surface area contributed by atoms with Gasteiger partial charge in [0, 0.05) is 22.9 Å². The second-order valence-electron chi connectivity index (χ2n) is 5.61. The lowest BCUT2D eigenvalue weighted by molar-refractivity contribution is 0.511. The van der Waals surface area contributed by atoms with Crippen LogP contribution in [0.1, 0.15) is 30.7 Å². The molecule has 2 nitrogen and oxygen atoms in total. The smallest absolute Gasteiger partial charge is 0.123 e. The second kappa shape index (κ2) is 4.82. The lowest BCUT2D eigenvalue weighted by atomic mass is 10.0. The van der Waals surface area contributed by atoms with Gasteiger partial charge in [0.1, 0.15) is 5.01 Å². The zero-order valence-corrected chi connectivity index (χ0v) is 12.3. The summed E-state index contributed by atoms with van der Waals surface area (Å²) in [5.41, 5.74) is 10.7. The molecule has 0 aliphatic heterocycles. The Morgan fingerprint density at radius 2 is 1.94 bits per heavy atom. The average Bonchev–Trinajstić information content (AvgIpc) is 2.68. The molecule has 0 unspecified atom stereocenters. The Balaban J connectivity index is 2.26. The van der Waals surface area contributed by atoms with Crippen molar-refractivity contribution in [1.29, 1.82) is 0 Å². The standard InChI is InChI=1S/C15H20N2S/c1-10-5-6-12(7-11(10)2)14-17-13(9-18-14)8-15(3,4)16/h5-7,9H,8,16H2,1-4H3. The first-order valence-electron chi connectivity index (χ1n) is 6.16. The van der Waals surface area contributed by atoms with Gasteiger partial charge in [-0.2, -0.15) is 0 Å². The predicted octanol–water partition coefficient (Wildman–Crippen LogP) is 3.71. The highest BCUT2D eigenvalue weighted by Crippen LogP contribution is 2.26. The first-order valence-corrected chi connectivity index (χ1v) is 7.04. The molecule has 0 amide bonds. The fraction of sp³-hybridized carbons (Fsp3) is 0.400. The molecule has 0 bridgehead atoms. The molecule has 0 radical (unpaired) electrons. The Kier molecular flexibility index (Phi) is 3.55. The maximum Gasteiger partial charge on any atom is 0.123 e. The van der Waals surface area contributed by atoms with E-state index in [4.69, 9.17) is 5.73 Å². The Labute approximate surface area is 113 Å². The van der Waals surface area contributed by atoms with Gasteiger partial charge < -0.3 is 5.73 Å². The van der Waals surface area contributed by atoms with E-state index in [1.807, 2.05) is 13.8 Å². The van der Waals surface area contributed by atoms with Gasteiger partial charge in [-0.1, -0.05) is 12.1 Å². The summed E-state index contributed by atoms with van der Waals surface area (Å²) in [7, 11) is 0. The first-order chi connectivity index (χ1) is 8.35. The van der Waals surface area contributed by atoms with E-state index >= 15 is 0 Å². The number of benzene rings is 1. The predicted molar refractivity (Wildman–Crippen MR) is 79.0 cm³/mol. The summed E-state index contributed by atoms with van der Waals surface area (Å²) < 4.78 is 0. The van der Waals surface area contributed by atoms with Crippen LogP contribution in [0.3, 0.4) is 0 Å². The summed E-state index contributed by atoms with van der Waals surface area (Å²) in [4.78, 5) is 4.68. The quantitative estimate of drug-likeness (QED) is 0.913. The summed E-state index contributed by atoms with van der Waals surface area (Å²) >= 11 is 1.69. The minimum absolute atomic E-state index is 0.200. The van der Waals surface area contributed by atoms with Gasteiger partial charge >= 0.3 is 0 Å². The van der Waals surface area contributed by atoms with Crippen LogP contribution in [-0.2, 0) is 6.42 Å². The molecule has 18 heavy (non-hydrogen) atoms. The maximum atomic E-state index is 6.02. The van der Waals surface area contributed by atoms with Gasteiger partial charge in [-0.15, -0.1) is 11.3 Å². The number of aryl methyl sites for hydroxylation is 2. The molecule has 0 aliphatic rings. The zero-order valence-electron chi connectivity index (χ0n) is 11.4. The van der Waals surface area contributed by atoms with Crippen LogP contribution >= 0.6 is 11.3 Å². The number of hydrogen-bond acceptors (Lipinski definition) is 3. The molecule has 0 aliphatic carbocycles. The third-order valence-corrected chi connectivity index (χ3v) is 3.88. The molecule has 0 spiro atoms. The third-order valence-electron chi connectivity index (χ3n) is 2.94. The van der Waals surface area contributed by atoms with E-state index in [-0.39, 0.29) is 5.54 Å². The van der Waals surface area contributed by atoms with Gasteiger partial charge in [0.05, 0.1) is 5.69 Å². The van der Waals surface area contributed by atoms with Crippen molar-refractivity contribution in [3.8, 4) is 10.6 Å². The number of hydrogen-bond donors (Lipinski definition) is 1. The van der Waals surface area contributed by atoms with E-state index in [1.54, 1.807) is 11.3 Å². The highest BCUT2D eigenvalue weighted by atomic mass is 32.1. The highest BCUT2D eigenvalue weighted by Gasteiger charge is 2.14. The van der Waals surface area contributed by atoms with Gasteiger partial charge in [-0.05, 0) is 44.9 Å². The van der Waals surface area contributed by atoms with Gasteiger partial charge in [-0.3, -0.25) is 0 Å². The summed E-state index contributed by atoms with van der Waals surface area (Å²) in [5, 5.41) is 3.19. The van der Waals surface area contributed by atoms with E-state index < -0.39 is 0 Å². The van der Waals surface area contributed by atoms with Gasteiger partial charge in [0.2, 0.25) is 0 Å². The first kappa shape index (κ1) is 13.2. The molecule has 0 fully saturated rings. The van der Waals surface area contributed by atoms with Crippen molar-refractivity contribution in [2.24, 2.45) is 5.73 Å². The molecule has 1 aromatic heterocycles. The van der Waals surface area contributed by atoms with Crippen molar-refractivity contribution in [3.63, 3.8) is 0 Å². The van der Waals surface area contributed by atoms with Gasteiger partial charge in [0.25, 0.3) is 0 Å². The summed E-state index contributed by atoms with van der Waals surface area (Å²) in [6, 6.07) is 6.49. The summed E-state index contributed by atoms with van der Waals surface area (Å²) in [6.45, 7) is 8.32. The fourth-order valence-corrected chi connectivity index (χ4v) is 2.68. The van der Waals surface area contributed by atoms with Crippen molar-refractivity contribution < 1.29 is 0 Å². The topological polar surface area (TPSA) is 38.9 Å². The number of thiazole rings is 1. The van der Waals surface area contributed by atoms with Crippen LogP contribution in [0.5, 0.6) is 0 Å². The van der Waals surface area contributed by atoms with E-state index in [2.05, 4.69) is 42.4 Å². The van der Waals surface area contributed by atoms with Crippen LogP contribution in [0, 0.1) is 13.8 Å². The molecule has 0 saturated carbocycles. The number of nitrogens with two attached hydrogens (primary N) is 1. The maximum absolute atomic E-state index is 6.02. The Bertz CT molecular complexity index is 550. The van der Waals surface area contributed by atoms with Crippen molar-refractivity contribution in [1.82, 2.24) is 4.98 Å². The van der Waals surface area contributed by atoms with Gasteiger partial charge in [-0.25, -0.2) is 4.98 Å². The monoisotopic (exact) mass is 260 g/mol. The average molecular weight is 260 g/mol. The molecule has 1 heterocycles. The molecule has 2 aromatic rings. The second-order valence-corrected chi connectivity index (χ2v) is 6.47. The number of nitrogens with zero attached hydrogens (tertiary/aromatic N) is 1. The molecule has 0 saturated heterocycles. The van der Waals surface area contributed by atoms with Crippen molar-refractivity contribution >= 4 is 11.3 Å². The molecule has 1 aromatic carbocycles. The third kappa shape index (κ3) is 3.18. The van der Waals surface area contributed by atoms with E-state index in [9.17, 15) is 0 Å². The normalized spacial score (nSPS) is 11.8. The SMILES string of the molecule is Cc1ccc(-c2nc(CC(C)(C)N)cs2)cc1C. The lowest BCUT2D eigenvalue weighted by Crippen LogP contribution is -2.34. The largest absolute Gasteiger partial charge is 0.325 e. The molecular weight excluding hydrogens is 240 g/mol.